The third-order valence-corrected chi connectivity index (χ3v) is 4.25. The number of halogens is 4. The van der Waals surface area contributed by atoms with Crippen LogP contribution in [0.25, 0.3) is 0 Å². The van der Waals surface area contributed by atoms with Crippen molar-refractivity contribution in [1.29, 1.82) is 0 Å². The summed E-state index contributed by atoms with van der Waals surface area (Å²) >= 11 is 4.85. The van der Waals surface area contributed by atoms with Gasteiger partial charge >= 0.3 is 6.18 Å². The number of nitrogen functional groups attached to an aromatic ring is 1. The third kappa shape index (κ3) is 3.63. The van der Waals surface area contributed by atoms with E-state index in [0.717, 1.165) is 21.5 Å². The van der Waals surface area contributed by atoms with Crippen LogP contribution in [0, 0.1) is 0 Å². The van der Waals surface area contributed by atoms with Gasteiger partial charge in [-0.05, 0) is 34.1 Å². The minimum Gasteiger partial charge on any atom is -0.384 e. The molecule has 0 spiro atoms. The van der Waals surface area contributed by atoms with Crippen LogP contribution < -0.4 is 10.6 Å². The maximum atomic E-state index is 12.7. The maximum Gasteiger partial charge on any atom is 0.416 e. The van der Waals surface area contributed by atoms with E-state index in [-0.39, 0.29) is 11.6 Å². The molecule has 2 aromatic rings. The van der Waals surface area contributed by atoms with Crippen molar-refractivity contribution >= 4 is 38.9 Å². The van der Waals surface area contributed by atoms with Gasteiger partial charge in [0.2, 0.25) is 0 Å². The van der Waals surface area contributed by atoms with Crippen molar-refractivity contribution in [2.24, 2.45) is 0 Å². The average molecular weight is 366 g/mol. The van der Waals surface area contributed by atoms with Crippen LogP contribution in [-0.4, -0.2) is 12.0 Å². The largest absolute Gasteiger partial charge is 0.416 e. The van der Waals surface area contributed by atoms with Crippen molar-refractivity contribution in [3.05, 3.63) is 38.5 Å². The van der Waals surface area contributed by atoms with Crippen LogP contribution in [0.15, 0.2) is 28.1 Å². The fourth-order valence-electron chi connectivity index (χ4n) is 1.65. The molecule has 0 aliphatic rings. The lowest BCUT2D eigenvalue weighted by molar-refractivity contribution is -0.137. The smallest absolute Gasteiger partial charge is 0.384 e. The van der Waals surface area contributed by atoms with Crippen molar-refractivity contribution in [2.45, 2.75) is 12.7 Å². The SMILES string of the molecule is CN(Cc1cc(Br)cs1)c1cc(C(F)(F)F)cc(N)n1. The van der Waals surface area contributed by atoms with Gasteiger partial charge in [-0.15, -0.1) is 11.3 Å². The van der Waals surface area contributed by atoms with Crippen LogP contribution in [-0.2, 0) is 12.7 Å². The highest BCUT2D eigenvalue weighted by Gasteiger charge is 2.31. The Hall–Kier alpha value is -1.28. The topological polar surface area (TPSA) is 42.1 Å². The number of anilines is 2. The molecular weight excluding hydrogens is 355 g/mol. The van der Waals surface area contributed by atoms with E-state index in [9.17, 15) is 13.2 Å². The Kier molecular flexibility index (Phi) is 4.24. The first kappa shape index (κ1) is 15.1. The highest BCUT2D eigenvalue weighted by molar-refractivity contribution is 9.10. The average Bonchev–Trinajstić information content (AvgIpc) is 2.72. The molecule has 0 atom stereocenters. The molecule has 0 unspecified atom stereocenters. The molecule has 0 aromatic carbocycles. The van der Waals surface area contributed by atoms with Gasteiger partial charge in [0.15, 0.2) is 0 Å². The van der Waals surface area contributed by atoms with Crippen LogP contribution in [0.1, 0.15) is 10.4 Å². The molecule has 0 bridgehead atoms. The zero-order valence-electron chi connectivity index (χ0n) is 10.4. The Morgan fingerprint density at radius 2 is 2.05 bits per heavy atom. The van der Waals surface area contributed by atoms with Gasteiger partial charge in [-0.3, -0.25) is 0 Å². The number of rotatable bonds is 3. The monoisotopic (exact) mass is 365 g/mol. The molecule has 2 heterocycles. The molecule has 3 nitrogen and oxygen atoms in total. The van der Waals surface area contributed by atoms with Gasteiger partial charge in [0.05, 0.1) is 12.1 Å². The first-order valence-corrected chi connectivity index (χ1v) is 7.22. The predicted octanol–water partition coefficient (Wildman–Crippen LogP) is 4.14. The quantitative estimate of drug-likeness (QED) is 0.888. The molecule has 108 valence electrons. The summed E-state index contributed by atoms with van der Waals surface area (Å²) < 4.78 is 39.2. The molecule has 0 aliphatic heterocycles. The molecule has 8 heteroatoms. The van der Waals surface area contributed by atoms with Gasteiger partial charge < -0.3 is 10.6 Å². The summed E-state index contributed by atoms with van der Waals surface area (Å²) in [6.07, 6.45) is -4.43. The van der Waals surface area contributed by atoms with Crippen LogP contribution in [0.3, 0.4) is 0 Å². The molecule has 0 radical (unpaired) electrons. The highest BCUT2D eigenvalue weighted by atomic mass is 79.9. The lowest BCUT2D eigenvalue weighted by Gasteiger charge is -2.19. The van der Waals surface area contributed by atoms with E-state index in [1.54, 1.807) is 11.9 Å². The van der Waals surface area contributed by atoms with Gasteiger partial charge in [0, 0.05) is 21.8 Å². The number of hydrogen-bond acceptors (Lipinski definition) is 4. The normalized spacial score (nSPS) is 11.7. The number of nitrogens with zero attached hydrogens (tertiary/aromatic N) is 2. The van der Waals surface area contributed by atoms with Gasteiger partial charge in [0.25, 0.3) is 0 Å². The number of pyridine rings is 1. The van der Waals surface area contributed by atoms with Crippen LogP contribution in [0.5, 0.6) is 0 Å². The van der Waals surface area contributed by atoms with Crippen molar-refractivity contribution in [3.63, 3.8) is 0 Å². The van der Waals surface area contributed by atoms with Gasteiger partial charge in [-0.2, -0.15) is 13.2 Å². The second-order valence-electron chi connectivity index (χ2n) is 4.22. The summed E-state index contributed by atoms with van der Waals surface area (Å²) in [5.41, 5.74) is 4.66. The number of hydrogen-bond donors (Lipinski definition) is 1. The van der Waals surface area contributed by atoms with Crippen LogP contribution >= 0.6 is 27.3 Å². The summed E-state index contributed by atoms with van der Waals surface area (Å²) in [6.45, 7) is 0.462. The zero-order valence-corrected chi connectivity index (χ0v) is 12.8. The zero-order chi connectivity index (χ0) is 14.9. The second-order valence-corrected chi connectivity index (χ2v) is 6.14. The van der Waals surface area contributed by atoms with E-state index in [2.05, 4.69) is 20.9 Å². The summed E-state index contributed by atoms with van der Waals surface area (Å²) in [4.78, 5) is 6.59. The molecule has 2 aromatic heterocycles. The second kappa shape index (κ2) is 5.61. The number of nitrogens with two attached hydrogens (primary N) is 1. The highest BCUT2D eigenvalue weighted by Crippen LogP contribution is 2.32. The fourth-order valence-corrected chi connectivity index (χ4v) is 3.15. The van der Waals surface area contributed by atoms with E-state index in [1.807, 2.05) is 11.4 Å². The van der Waals surface area contributed by atoms with Gasteiger partial charge in [0.1, 0.15) is 11.6 Å². The molecule has 0 aliphatic carbocycles. The molecule has 2 N–H and O–H groups in total. The first-order valence-electron chi connectivity index (χ1n) is 5.54. The number of alkyl halides is 3. The van der Waals surface area contributed by atoms with E-state index < -0.39 is 11.7 Å². The predicted molar refractivity (Wildman–Crippen MR) is 77.8 cm³/mol. The maximum absolute atomic E-state index is 12.7. The molecule has 0 saturated carbocycles. The summed E-state index contributed by atoms with van der Waals surface area (Å²) in [7, 11) is 1.68. The van der Waals surface area contributed by atoms with Crippen LogP contribution in [0.2, 0.25) is 0 Å². The minimum absolute atomic E-state index is 0.144. The molecule has 0 fully saturated rings. The third-order valence-electron chi connectivity index (χ3n) is 2.56. The van der Waals surface area contributed by atoms with E-state index >= 15 is 0 Å². The summed E-state index contributed by atoms with van der Waals surface area (Å²) in [5, 5.41) is 1.91. The molecule has 2 rings (SSSR count). The van der Waals surface area contributed by atoms with Crippen molar-refractivity contribution in [2.75, 3.05) is 17.7 Å². The summed E-state index contributed by atoms with van der Waals surface area (Å²) in [6, 6.07) is 3.75. The fraction of sp³-hybridized carbons (Fsp3) is 0.250. The lowest BCUT2D eigenvalue weighted by atomic mass is 10.2. The van der Waals surface area contributed by atoms with Crippen molar-refractivity contribution in [1.82, 2.24) is 4.98 Å². The van der Waals surface area contributed by atoms with E-state index in [0.29, 0.717) is 6.54 Å². The molecule has 0 saturated heterocycles. The van der Waals surface area contributed by atoms with Crippen molar-refractivity contribution in [3.8, 4) is 0 Å². The van der Waals surface area contributed by atoms with E-state index in [4.69, 9.17) is 5.73 Å². The van der Waals surface area contributed by atoms with Gasteiger partial charge in [-0.1, -0.05) is 0 Å². The molecule has 0 amide bonds. The van der Waals surface area contributed by atoms with Gasteiger partial charge in [-0.25, -0.2) is 4.98 Å². The van der Waals surface area contributed by atoms with Crippen LogP contribution in [0.4, 0.5) is 24.8 Å². The van der Waals surface area contributed by atoms with E-state index in [1.165, 1.54) is 11.3 Å². The lowest BCUT2D eigenvalue weighted by Crippen LogP contribution is -2.19. The Morgan fingerprint density at radius 1 is 1.35 bits per heavy atom. The Morgan fingerprint density at radius 3 is 2.60 bits per heavy atom. The Bertz CT molecular complexity index is 612. The Labute approximate surface area is 126 Å². The standard InChI is InChI=1S/C12H11BrF3N3S/c1-19(5-9-4-8(13)6-20-9)11-3-7(12(14,15)16)2-10(17)18-11/h2-4,6H,5H2,1H3,(H2,17,18). The number of aromatic nitrogens is 1. The minimum atomic E-state index is -4.43. The summed E-state index contributed by atoms with van der Waals surface area (Å²) in [5.74, 6) is 0.0517. The first-order chi connectivity index (χ1) is 9.25. The van der Waals surface area contributed by atoms with Crippen molar-refractivity contribution < 1.29 is 13.2 Å². The Balaban J connectivity index is 2.25. The molecular formula is C12H11BrF3N3S. The molecule has 20 heavy (non-hydrogen) atoms. The number of thiophene rings is 1.